The van der Waals surface area contributed by atoms with Gasteiger partial charge in [0.2, 0.25) is 5.91 Å². The number of halogens is 1. The Morgan fingerprint density at radius 3 is 2.14 bits per heavy atom. The molecule has 28 heavy (non-hydrogen) atoms. The SMILES string of the molecule is O=C(N[C@@H](Cc1ccccc1)C(=O)NCc1cccc(Cl)c1)c1ccccc1. The molecule has 0 aliphatic heterocycles. The van der Waals surface area contributed by atoms with Crippen molar-refractivity contribution < 1.29 is 9.59 Å². The smallest absolute Gasteiger partial charge is 0.251 e. The van der Waals surface area contributed by atoms with Gasteiger partial charge in [0, 0.05) is 23.6 Å². The standard InChI is InChI=1S/C23H21ClN2O2/c24-20-13-7-10-18(14-20)16-25-23(28)21(15-17-8-3-1-4-9-17)26-22(27)19-11-5-2-6-12-19/h1-14,21H,15-16H2,(H,25,28)(H,26,27)/t21-/m0/s1. The molecular formula is C23H21ClN2O2. The fourth-order valence-corrected chi connectivity index (χ4v) is 3.06. The molecule has 5 heteroatoms. The van der Waals surface area contributed by atoms with Crippen LogP contribution in [0, 0.1) is 0 Å². The molecule has 2 N–H and O–H groups in total. The topological polar surface area (TPSA) is 58.2 Å². The highest BCUT2D eigenvalue weighted by molar-refractivity contribution is 6.30. The van der Waals surface area contributed by atoms with Crippen LogP contribution in [-0.2, 0) is 17.8 Å². The summed E-state index contributed by atoms with van der Waals surface area (Å²) in [5.41, 5.74) is 2.38. The molecule has 0 aliphatic rings. The van der Waals surface area contributed by atoms with E-state index in [2.05, 4.69) is 10.6 Å². The Kier molecular flexibility index (Phi) is 6.82. The number of nitrogens with one attached hydrogen (secondary N) is 2. The Hall–Kier alpha value is -3.11. The number of rotatable bonds is 7. The summed E-state index contributed by atoms with van der Waals surface area (Å²) in [5, 5.41) is 6.36. The lowest BCUT2D eigenvalue weighted by atomic mass is 10.0. The van der Waals surface area contributed by atoms with Crippen molar-refractivity contribution in [3.05, 3.63) is 107 Å². The Morgan fingerprint density at radius 1 is 0.821 bits per heavy atom. The zero-order valence-corrected chi connectivity index (χ0v) is 16.0. The van der Waals surface area contributed by atoms with E-state index < -0.39 is 6.04 Å². The first-order chi connectivity index (χ1) is 13.6. The zero-order chi connectivity index (χ0) is 19.8. The van der Waals surface area contributed by atoms with E-state index in [9.17, 15) is 9.59 Å². The molecular weight excluding hydrogens is 372 g/mol. The summed E-state index contributed by atoms with van der Waals surface area (Å²) in [6, 6.07) is 25.1. The van der Waals surface area contributed by atoms with Gasteiger partial charge in [0.05, 0.1) is 0 Å². The van der Waals surface area contributed by atoms with Gasteiger partial charge in [0.1, 0.15) is 6.04 Å². The van der Waals surface area contributed by atoms with Crippen molar-refractivity contribution in [3.63, 3.8) is 0 Å². The van der Waals surface area contributed by atoms with E-state index in [4.69, 9.17) is 11.6 Å². The van der Waals surface area contributed by atoms with Gasteiger partial charge in [-0.15, -0.1) is 0 Å². The van der Waals surface area contributed by atoms with E-state index in [1.165, 1.54) is 0 Å². The first kappa shape index (κ1) is 19.6. The summed E-state index contributed by atoms with van der Waals surface area (Å²) in [6.07, 6.45) is 0.404. The quantitative estimate of drug-likeness (QED) is 0.638. The summed E-state index contributed by atoms with van der Waals surface area (Å²) in [4.78, 5) is 25.4. The molecule has 1 atom stereocenters. The van der Waals surface area contributed by atoms with Crippen molar-refractivity contribution in [1.29, 1.82) is 0 Å². The molecule has 4 nitrogen and oxygen atoms in total. The van der Waals surface area contributed by atoms with Crippen LogP contribution in [0.2, 0.25) is 5.02 Å². The predicted molar refractivity (Wildman–Crippen MR) is 111 cm³/mol. The molecule has 0 bridgehead atoms. The molecule has 3 aromatic rings. The Labute approximate surface area is 169 Å². The number of hydrogen-bond acceptors (Lipinski definition) is 2. The third kappa shape index (κ3) is 5.69. The van der Waals surface area contributed by atoms with Gasteiger partial charge < -0.3 is 10.6 Å². The van der Waals surface area contributed by atoms with Crippen LogP contribution >= 0.6 is 11.6 Å². The molecule has 0 heterocycles. The molecule has 3 rings (SSSR count). The van der Waals surface area contributed by atoms with E-state index in [0.29, 0.717) is 23.6 Å². The highest BCUT2D eigenvalue weighted by atomic mass is 35.5. The summed E-state index contributed by atoms with van der Waals surface area (Å²) >= 11 is 6.00. The predicted octanol–water partition coefficient (Wildman–Crippen LogP) is 4.00. The minimum Gasteiger partial charge on any atom is -0.350 e. The van der Waals surface area contributed by atoms with Gasteiger partial charge in [0.25, 0.3) is 5.91 Å². The van der Waals surface area contributed by atoms with Crippen LogP contribution in [0.25, 0.3) is 0 Å². The number of benzene rings is 3. The summed E-state index contributed by atoms with van der Waals surface area (Å²) in [5.74, 6) is -0.521. The minimum absolute atomic E-state index is 0.242. The fourth-order valence-electron chi connectivity index (χ4n) is 2.85. The lowest BCUT2D eigenvalue weighted by molar-refractivity contribution is -0.123. The van der Waals surface area contributed by atoms with E-state index in [1.54, 1.807) is 36.4 Å². The molecule has 0 aliphatic carbocycles. The Morgan fingerprint density at radius 2 is 1.46 bits per heavy atom. The van der Waals surface area contributed by atoms with Crippen molar-refractivity contribution in [2.75, 3.05) is 0 Å². The first-order valence-corrected chi connectivity index (χ1v) is 9.41. The van der Waals surface area contributed by atoms with Crippen LogP contribution in [0.5, 0.6) is 0 Å². The maximum Gasteiger partial charge on any atom is 0.251 e. The average Bonchev–Trinajstić information content (AvgIpc) is 2.73. The van der Waals surface area contributed by atoms with Crippen molar-refractivity contribution in [2.45, 2.75) is 19.0 Å². The van der Waals surface area contributed by atoms with E-state index in [-0.39, 0.29) is 11.8 Å². The molecule has 0 aromatic heterocycles. The lowest BCUT2D eigenvalue weighted by Crippen LogP contribution is -2.47. The largest absolute Gasteiger partial charge is 0.350 e. The van der Waals surface area contributed by atoms with Gasteiger partial charge in [-0.3, -0.25) is 9.59 Å². The zero-order valence-electron chi connectivity index (χ0n) is 15.3. The van der Waals surface area contributed by atoms with Crippen LogP contribution < -0.4 is 10.6 Å². The second kappa shape index (κ2) is 9.72. The maximum atomic E-state index is 12.8. The molecule has 0 saturated heterocycles. The fraction of sp³-hybridized carbons (Fsp3) is 0.130. The van der Waals surface area contributed by atoms with E-state index in [1.807, 2.05) is 48.5 Å². The summed E-state index contributed by atoms with van der Waals surface area (Å²) < 4.78 is 0. The number of hydrogen-bond donors (Lipinski definition) is 2. The van der Waals surface area contributed by atoms with Gasteiger partial charge in [-0.05, 0) is 35.4 Å². The van der Waals surface area contributed by atoms with Crippen molar-refractivity contribution >= 4 is 23.4 Å². The maximum absolute atomic E-state index is 12.8. The molecule has 0 spiro atoms. The van der Waals surface area contributed by atoms with Crippen LogP contribution in [0.3, 0.4) is 0 Å². The van der Waals surface area contributed by atoms with Crippen molar-refractivity contribution in [1.82, 2.24) is 10.6 Å². The number of carbonyl (C=O) groups is 2. The lowest BCUT2D eigenvalue weighted by Gasteiger charge is -2.19. The van der Waals surface area contributed by atoms with Gasteiger partial charge in [-0.25, -0.2) is 0 Å². The van der Waals surface area contributed by atoms with E-state index >= 15 is 0 Å². The van der Waals surface area contributed by atoms with Gasteiger partial charge >= 0.3 is 0 Å². The molecule has 142 valence electrons. The van der Waals surface area contributed by atoms with Crippen molar-refractivity contribution in [2.24, 2.45) is 0 Å². The Bertz CT molecular complexity index is 930. The van der Waals surface area contributed by atoms with E-state index in [0.717, 1.165) is 11.1 Å². The van der Waals surface area contributed by atoms with Crippen LogP contribution in [0.4, 0.5) is 0 Å². The highest BCUT2D eigenvalue weighted by Crippen LogP contribution is 2.11. The molecule has 3 aromatic carbocycles. The second-order valence-corrected chi connectivity index (χ2v) is 6.87. The molecule has 0 unspecified atom stereocenters. The number of carbonyl (C=O) groups excluding carboxylic acids is 2. The number of amides is 2. The van der Waals surface area contributed by atoms with Crippen LogP contribution in [0.1, 0.15) is 21.5 Å². The third-order valence-corrected chi connectivity index (χ3v) is 4.53. The molecule has 0 fully saturated rings. The monoisotopic (exact) mass is 392 g/mol. The van der Waals surface area contributed by atoms with Crippen molar-refractivity contribution in [3.8, 4) is 0 Å². The average molecular weight is 393 g/mol. The minimum atomic E-state index is -0.686. The molecule has 0 saturated carbocycles. The van der Waals surface area contributed by atoms with Gasteiger partial charge in [-0.1, -0.05) is 72.3 Å². The van der Waals surface area contributed by atoms with Gasteiger partial charge in [0.15, 0.2) is 0 Å². The molecule has 2 amide bonds. The summed E-state index contributed by atoms with van der Waals surface area (Å²) in [7, 11) is 0. The Balaban J connectivity index is 1.71. The normalized spacial score (nSPS) is 11.5. The third-order valence-electron chi connectivity index (χ3n) is 4.30. The van der Waals surface area contributed by atoms with Crippen LogP contribution in [0.15, 0.2) is 84.9 Å². The molecule has 0 radical (unpaired) electrons. The van der Waals surface area contributed by atoms with Gasteiger partial charge in [-0.2, -0.15) is 0 Å². The second-order valence-electron chi connectivity index (χ2n) is 6.43. The first-order valence-electron chi connectivity index (χ1n) is 9.04. The van der Waals surface area contributed by atoms with Crippen LogP contribution in [-0.4, -0.2) is 17.9 Å². The summed E-state index contributed by atoms with van der Waals surface area (Å²) in [6.45, 7) is 0.339. The highest BCUT2D eigenvalue weighted by Gasteiger charge is 2.21.